The zero-order valence-corrected chi connectivity index (χ0v) is 34.0. The number of carbonyl (C=O) groups is 3. The van der Waals surface area contributed by atoms with Crippen molar-refractivity contribution in [3.8, 4) is 0 Å². The van der Waals surface area contributed by atoms with Crippen molar-refractivity contribution < 1.29 is 48.3 Å². The lowest BCUT2D eigenvalue weighted by atomic mass is 9.83. The molecule has 310 valence electrons. The van der Waals surface area contributed by atoms with Crippen molar-refractivity contribution in [1.29, 1.82) is 0 Å². The molecule has 0 amide bonds. The summed E-state index contributed by atoms with van der Waals surface area (Å²) >= 11 is 0. The van der Waals surface area contributed by atoms with Crippen LogP contribution >= 0.6 is 0 Å². The number of ether oxygens (including phenoxy) is 5. The Morgan fingerprint density at radius 3 is 1.53 bits per heavy atom. The van der Waals surface area contributed by atoms with Crippen LogP contribution in [-0.4, -0.2) is 71.2 Å². The second-order valence-corrected chi connectivity index (χ2v) is 15.6. The molecular formula is C43H78O10. The number of aliphatic hydroxyl groups excluding tert-OH is 1. The van der Waals surface area contributed by atoms with Crippen molar-refractivity contribution >= 4 is 17.9 Å². The molecule has 2 heterocycles. The first-order chi connectivity index (χ1) is 25.7. The maximum absolute atomic E-state index is 13.1. The van der Waals surface area contributed by atoms with Crippen molar-refractivity contribution in [1.82, 2.24) is 0 Å². The molecule has 2 rings (SSSR count). The number of hydrogen-bond acceptors (Lipinski definition) is 10. The first kappa shape index (κ1) is 47.4. The van der Waals surface area contributed by atoms with Gasteiger partial charge in [-0.25, -0.2) is 4.79 Å². The summed E-state index contributed by atoms with van der Waals surface area (Å²) in [6, 6.07) is 0. The average molecular weight is 755 g/mol. The Morgan fingerprint density at radius 2 is 1.09 bits per heavy atom. The number of rotatable bonds is 34. The quantitative estimate of drug-likeness (QED) is 0.0371. The second kappa shape index (κ2) is 28.6. The van der Waals surface area contributed by atoms with E-state index in [9.17, 15) is 24.6 Å². The molecule has 53 heavy (non-hydrogen) atoms. The Bertz CT molecular complexity index is 975. The third kappa shape index (κ3) is 17.7. The van der Waals surface area contributed by atoms with Crippen LogP contribution in [0.4, 0.5) is 0 Å². The largest absolute Gasteiger partial charge is 0.462 e. The van der Waals surface area contributed by atoms with Crippen molar-refractivity contribution in [3.05, 3.63) is 0 Å². The fourth-order valence-electron chi connectivity index (χ4n) is 7.71. The van der Waals surface area contributed by atoms with Crippen LogP contribution in [0.25, 0.3) is 0 Å². The zero-order chi connectivity index (χ0) is 38.6. The summed E-state index contributed by atoms with van der Waals surface area (Å²) < 4.78 is 28.6. The standard InChI is InChI=1S/C43H78O10/c1-4-7-9-11-13-15-17-19-21-23-25-27-29-31-37(44)49-35-36(40-43(50-6-3)42(48,41(47)52-40)34-33-39(46)53-43)51-38(45)32-30-28-26-24-22-20-18-16-14-12-10-8-5-2/h36,39-40,46,48H,4-35H2,1-3H3/t36-,39?,40+,42+,43+/m0/s1. The molecule has 10 nitrogen and oxygen atoms in total. The van der Waals surface area contributed by atoms with Gasteiger partial charge in [-0.05, 0) is 26.2 Å². The van der Waals surface area contributed by atoms with Gasteiger partial charge < -0.3 is 33.9 Å². The molecule has 0 spiro atoms. The number of carbonyl (C=O) groups excluding carboxylic acids is 3. The number of fused-ring (bicyclic) bond motifs is 1. The van der Waals surface area contributed by atoms with Crippen molar-refractivity contribution in [2.75, 3.05) is 13.2 Å². The highest BCUT2D eigenvalue weighted by atomic mass is 16.8. The second-order valence-electron chi connectivity index (χ2n) is 15.6. The van der Waals surface area contributed by atoms with Gasteiger partial charge in [-0.1, -0.05) is 168 Å². The molecule has 0 radical (unpaired) electrons. The fourth-order valence-corrected chi connectivity index (χ4v) is 7.71. The van der Waals surface area contributed by atoms with Crippen molar-refractivity contribution in [3.63, 3.8) is 0 Å². The third-order valence-electron chi connectivity index (χ3n) is 10.9. The molecular weight excluding hydrogens is 676 g/mol. The van der Waals surface area contributed by atoms with Gasteiger partial charge in [-0.15, -0.1) is 0 Å². The van der Waals surface area contributed by atoms with E-state index in [1.165, 1.54) is 116 Å². The molecule has 2 saturated heterocycles. The van der Waals surface area contributed by atoms with E-state index in [2.05, 4.69) is 13.8 Å². The fraction of sp³-hybridized carbons (Fsp3) is 0.930. The number of hydrogen-bond donors (Lipinski definition) is 2. The number of esters is 3. The number of cyclic esters (lactones) is 1. The molecule has 5 atom stereocenters. The van der Waals surface area contributed by atoms with Crippen LogP contribution in [0.1, 0.15) is 213 Å². The summed E-state index contributed by atoms with van der Waals surface area (Å²) in [7, 11) is 0. The third-order valence-corrected chi connectivity index (χ3v) is 10.9. The van der Waals surface area contributed by atoms with E-state index in [-0.39, 0.29) is 32.3 Å². The highest BCUT2D eigenvalue weighted by molar-refractivity contribution is 5.84. The normalized spacial score (nSPS) is 23.1. The summed E-state index contributed by atoms with van der Waals surface area (Å²) in [5.41, 5.74) is -2.22. The minimum absolute atomic E-state index is 0.00917. The summed E-state index contributed by atoms with van der Waals surface area (Å²) in [6.07, 6.45) is 27.1. The minimum atomic E-state index is -2.22. The van der Waals surface area contributed by atoms with Gasteiger partial charge in [0.25, 0.3) is 5.79 Å². The predicted octanol–water partition coefficient (Wildman–Crippen LogP) is 9.92. The smallest absolute Gasteiger partial charge is 0.344 e. The van der Waals surface area contributed by atoms with Gasteiger partial charge in [0, 0.05) is 25.9 Å². The van der Waals surface area contributed by atoms with E-state index >= 15 is 0 Å². The average Bonchev–Trinajstić information content (AvgIpc) is 3.36. The van der Waals surface area contributed by atoms with Gasteiger partial charge >= 0.3 is 17.9 Å². The molecule has 0 aliphatic carbocycles. The highest BCUT2D eigenvalue weighted by Crippen LogP contribution is 2.49. The van der Waals surface area contributed by atoms with Crippen molar-refractivity contribution in [2.45, 2.75) is 243 Å². The van der Waals surface area contributed by atoms with Crippen LogP contribution in [0.2, 0.25) is 0 Å². The summed E-state index contributed by atoms with van der Waals surface area (Å²) in [4.78, 5) is 39.0. The molecule has 2 N–H and O–H groups in total. The molecule has 1 unspecified atom stereocenters. The number of aliphatic hydroxyl groups is 2. The molecule has 2 fully saturated rings. The predicted molar refractivity (Wildman–Crippen MR) is 207 cm³/mol. The number of unbranched alkanes of at least 4 members (excludes halogenated alkanes) is 24. The Hall–Kier alpha value is -1.75. The topological polar surface area (TPSA) is 138 Å². The van der Waals surface area contributed by atoms with Crippen LogP contribution in [-0.2, 0) is 38.1 Å². The van der Waals surface area contributed by atoms with Gasteiger partial charge in [0.1, 0.15) is 6.61 Å². The lowest BCUT2D eigenvalue weighted by Crippen LogP contribution is -2.67. The van der Waals surface area contributed by atoms with E-state index < -0.39 is 54.4 Å². The summed E-state index contributed by atoms with van der Waals surface area (Å²) in [5, 5.41) is 21.9. The van der Waals surface area contributed by atoms with Gasteiger partial charge in [0.05, 0.1) is 0 Å². The Labute approximate surface area is 322 Å². The maximum Gasteiger partial charge on any atom is 0.344 e. The lowest BCUT2D eigenvalue weighted by Gasteiger charge is -2.46. The zero-order valence-electron chi connectivity index (χ0n) is 34.0. The van der Waals surface area contributed by atoms with Gasteiger partial charge in [-0.3, -0.25) is 9.59 Å². The monoisotopic (exact) mass is 755 g/mol. The minimum Gasteiger partial charge on any atom is -0.462 e. The molecule has 0 aromatic heterocycles. The van der Waals surface area contributed by atoms with Crippen LogP contribution in [0.5, 0.6) is 0 Å². The van der Waals surface area contributed by atoms with Crippen LogP contribution in [0.3, 0.4) is 0 Å². The van der Waals surface area contributed by atoms with Crippen LogP contribution in [0, 0.1) is 0 Å². The Kier molecular flexibility index (Phi) is 25.6. The Morgan fingerprint density at radius 1 is 0.679 bits per heavy atom. The van der Waals surface area contributed by atoms with Gasteiger partial charge in [0.2, 0.25) is 5.60 Å². The van der Waals surface area contributed by atoms with E-state index in [0.29, 0.717) is 12.8 Å². The molecule has 0 aromatic carbocycles. The Balaban J connectivity index is 1.81. The molecule has 0 aromatic rings. The van der Waals surface area contributed by atoms with Crippen LogP contribution in [0.15, 0.2) is 0 Å². The lowest BCUT2D eigenvalue weighted by molar-refractivity contribution is -0.385. The van der Waals surface area contributed by atoms with E-state index in [1.807, 2.05) is 0 Å². The van der Waals surface area contributed by atoms with Crippen LogP contribution < -0.4 is 0 Å². The van der Waals surface area contributed by atoms with E-state index in [4.69, 9.17) is 23.7 Å². The van der Waals surface area contributed by atoms with Crippen molar-refractivity contribution in [2.24, 2.45) is 0 Å². The SMILES string of the molecule is CCCCCCCCCCCCCCCC(=O)OC[C@H](OC(=O)CCCCCCCCCCCCCCC)[C@H]1OC(=O)[C@]2(O)CCC(O)O[C@]12OCC. The van der Waals surface area contributed by atoms with E-state index in [1.54, 1.807) is 6.92 Å². The first-order valence-corrected chi connectivity index (χ1v) is 22.0. The molecule has 2 aliphatic rings. The van der Waals surface area contributed by atoms with Gasteiger partial charge in [-0.2, -0.15) is 0 Å². The molecule has 10 heteroatoms. The van der Waals surface area contributed by atoms with Gasteiger partial charge in [0.15, 0.2) is 18.5 Å². The maximum atomic E-state index is 13.1. The molecule has 0 saturated carbocycles. The van der Waals surface area contributed by atoms with E-state index in [0.717, 1.165) is 38.5 Å². The summed E-state index contributed by atoms with van der Waals surface area (Å²) in [5.74, 6) is -4.09. The molecule has 2 aliphatic heterocycles. The highest BCUT2D eigenvalue weighted by Gasteiger charge is 2.74. The first-order valence-electron chi connectivity index (χ1n) is 22.0. The molecule has 0 bridgehead atoms. The summed E-state index contributed by atoms with van der Waals surface area (Å²) in [6.45, 7) is 5.76.